The predicted octanol–water partition coefficient (Wildman–Crippen LogP) is 2.47. The van der Waals surface area contributed by atoms with Crippen molar-refractivity contribution in [3.63, 3.8) is 0 Å². The van der Waals surface area contributed by atoms with Crippen LogP contribution in [-0.2, 0) is 25.4 Å². The number of esters is 1. The van der Waals surface area contributed by atoms with Crippen LogP contribution in [0.5, 0.6) is 0 Å². The molecule has 2 rings (SSSR count). The van der Waals surface area contributed by atoms with E-state index in [-0.39, 0.29) is 23.8 Å². The van der Waals surface area contributed by atoms with Gasteiger partial charge in [0.05, 0.1) is 22.2 Å². The summed E-state index contributed by atoms with van der Waals surface area (Å²) in [7, 11) is -0.480. The molecule has 0 atom stereocenters. The first kappa shape index (κ1) is 18.0. The van der Waals surface area contributed by atoms with Crippen LogP contribution in [0.3, 0.4) is 0 Å². The number of rotatable bonds is 3. The average molecular weight is 319 g/mol. The Balaban J connectivity index is 2.00. The van der Waals surface area contributed by atoms with Crippen molar-refractivity contribution in [2.24, 2.45) is 5.41 Å². The molecule has 1 aromatic heterocycles. The van der Waals surface area contributed by atoms with Crippen molar-refractivity contribution >= 4 is 18.7 Å². The maximum atomic E-state index is 11.8. The second-order valence-corrected chi connectivity index (χ2v) is 8.01. The smallest absolute Gasteiger partial charge is 0.460 e. The lowest BCUT2D eigenvalue weighted by atomic mass is 9.84. The number of pyridine rings is 1. The summed E-state index contributed by atoms with van der Waals surface area (Å²) in [5.41, 5.74) is 0.272. The molecular weight excluding hydrogens is 293 g/mol. The van der Waals surface area contributed by atoms with Crippen LogP contribution >= 0.6 is 0 Å². The molecule has 0 bridgehead atoms. The van der Waals surface area contributed by atoms with Gasteiger partial charge in [-0.3, -0.25) is 9.78 Å². The minimum Gasteiger partial charge on any atom is -0.460 e. The summed E-state index contributed by atoms with van der Waals surface area (Å²) in [6.45, 7) is 13.7. The Morgan fingerprint density at radius 2 is 1.74 bits per heavy atom. The highest BCUT2D eigenvalue weighted by atomic mass is 16.7. The Kier molecular flexibility index (Phi) is 4.61. The van der Waals surface area contributed by atoms with Crippen LogP contribution in [0.1, 0.15) is 54.0 Å². The Morgan fingerprint density at radius 1 is 1.17 bits per heavy atom. The van der Waals surface area contributed by atoms with Crippen molar-refractivity contribution in [2.45, 2.75) is 66.3 Å². The van der Waals surface area contributed by atoms with E-state index in [1.54, 1.807) is 6.20 Å². The second kappa shape index (κ2) is 5.91. The monoisotopic (exact) mass is 319 g/mol. The number of ether oxygens (including phenoxy) is 1. The van der Waals surface area contributed by atoms with Gasteiger partial charge in [0.2, 0.25) is 0 Å². The van der Waals surface area contributed by atoms with Gasteiger partial charge >= 0.3 is 13.1 Å². The van der Waals surface area contributed by atoms with Crippen molar-refractivity contribution in [3.8, 4) is 0 Å². The summed E-state index contributed by atoms with van der Waals surface area (Å²) in [4.78, 5) is 16.2. The molecule has 0 N–H and O–H groups in total. The van der Waals surface area contributed by atoms with E-state index in [1.165, 1.54) is 0 Å². The average Bonchev–Trinajstić information content (AvgIpc) is 2.64. The first-order valence-electron chi connectivity index (χ1n) is 7.90. The minimum atomic E-state index is -0.504. The molecule has 1 aliphatic heterocycles. The van der Waals surface area contributed by atoms with E-state index >= 15 is 0 Å². The SMILES string of the molecule is CC(C)(C)C(=O)OCc1ccc(B2OC(C)(C)C(C)(C)O2)nc1. The van der Waals surface area contributed by atoms with Crippen molar-refractivity contribution in [1.29, 1.82) is 0 Å². The van der Waals surface area contributed by atoms with Gasteiger partial charge in [-0.1, -0.05) is 6.07 Å². The molecule has 0 spiro atoms. The maximum Gasteiger partial charge on any atom is 0.514 e. The van der Waals surface area contributed by atoms with Crippen molar-refractivity contribution < 1.29 is 18.8 Å². The van der Waals surface area contributed by atoms with Crippen LogP contribution in [0.15, 0.2) is 18.3 Å². The summed E-state index contributed by atoms with van der Waals surface area (Å²) < 4.78 is 17.2. The van der Waals surface area contributed by atoms with Gasteiger partial charge in [-0.05, 0) is 54.5 Å². The van der Waals surface area contributed by atoms with Crippen LogP contribution < -0.4 is 5.59 Å². The van der Waals surface area contributed by atoms with Gasteiger partial charge in [0.15, 0.2) is 0 Å². The predicted molar refractivity (Wildman–Crippen MR) is 89.2 cm³/mol. The number of carbonyl (C=O) groups excluding carboxylic acids is 1. The third-order valence-electron chi connectivity index (χ3n) is 4.32. The lowest BCUT2D eigenvalue weighted by molar-refractivity contribution is -0.154. The number of nitrogens with zero attached hydrogens (tertiary/aromatic N) is 1. The highest BCUT2D eigenvalue weighted by Gasteiger charge is 2.52. The van der Waals surface area contributed by atoms with E-state index in [4.69, 9.17) is 14.0 Å². The zero-order valence-electron chi connectivity index (χ0n) is 15.1. The van der Waals surface area contributed by atoms with Crippen LogP contribution in [0.25, 0.3) is 0 Å². The zero-order valence-corrected chi connectivity index (χ0v) is 15.1. The third-order valence-corrected chi connectivity index (χ3v) is 4.32. The molecule has 1 aromatic rings. The van der Waals surface area contributed by atoms with E-state index in [0.717, 1.165) is 11.2 Å². The van der Waals surface area contributed by atoms with Crippen molar-refractivity contribution in [2.75, 3.05) is 0 Å². The molecule has 0 saturated carbocycles. The van der Waals surface area contributed by atoms with Crippen molar-refractivity contribution in [3.05, 3.63) is 23.9 Å². The van der Waals surface area contributed by atoms with Crippen LogP contribution in [0.2, 0.25) is 0 Å². The fourth-order valence-electron chi connectivity index (χ4n) is 1.99. The molecule has 6 heteroatoms. The number of carbonyl (C=O) groups is 1. The second-order valence-electron chi connectivity index (χ2n) is 8.01. The summed E-state index contributed by atoms with van der Waals surface area (Å²) in [6, 6.07) is 3.73. The van der Waals surface area contributed by atoms with Crippen LogP contribution in [0, 0.1) is 5.41 Å². The van der Waals surface area contributed by atoms with Gasteiger partial charge in [0.1, 0.15) is 6.61 Å². The normalized spacial score (nSPS) is 19.7. The van der Waals surface area contributed by atoms with Gasteiger partial charge in [-0.15, -0.1) is 0 Å². The molecule has 23 heavy (non-hydrogen) atoms. The molecule has 2 heterocycles. The van der Waals surface area contributed by atoms with E-state index in [0.29, 0.717) is 0 Å². The summed E-state index contributed by atoms with van der Waals surface area (Å²) in [6.07, 6.45) is 1.69. The quantitative estimate of drug-likeness (QED) is 0.633. The van der Waals surface area contributed by atoms with E-state index in [9.17, 15) is 4.79 Å². The number of aromatic nitrogens is 1. The van der Waals surface area contributed by atoms with E-state index < -0.39 is 12.5 Å². The van der Waals surface area contributed by atoms with Gasteiger partial charge in [-0.2, -0.15) is 0 Å². The Labute approximate surface area is 138 Å². The molecule has 1 saturated heterocycles. The molecule has 0 aromatic carbocycles. The lowest BCUT2D eigenvalue weighted by Crippen LogP contribution is -2.41. The fourth-order valence-corrected chi connectivity index (χ4v) is 1.99. The number of hydrogen-bond acceptors (Lipinski definition) is 5. The highest BCUT2D eigenvalue weighted by Crippen LogP contribution is 2.36. The van der Waals surface area contributed by atoms with E-state index in [2.05, 4.69) is 4.98 Å². The van der Waals surface area contributed by atoms with Crippen LogP contribution in [-0.4, -0.2) is 29.3 Å². The topological polar surface area (TPSA) is 57.7 Å². The molecule has 0 amide bonds. The molecule has 0 radical (unpaired) electrons. The fraction of sp³-hybridized carbons (Fsp3) is 0.647. The first-order chi connectivity index (χ1) is 10.4. The summed E-state index contributed by atoms with van der Waals surface area (Å²) in [5.74, 6) is -0.229. The Hall–Kier alpha value is -1.40. The van der Waals surface area contributed by atoms with Gasteiger partial charge < -0.3 is 14.0 Å². The van der Waals surface area contributed by atoms with Gasteiger partial charge in [0, 0.05) is 11.8 Å². The standard InChI is InChI=1S/C17H26BNO4/c1-15(2,3)14(20)21-11-12-8-9-13(19-10-12)18-22-16(4,5)17(6,7)23-18/h8-10H,11H2,1-7H3. The third kappa shape index (κ3) is 3.93. The first-order valence-corrected chi connectivity index (χ1v) is 7.90. The minimum absolute atomic E-state index is 0.215. The molecule has 1 fully saturated rings. The summed E-state index contributed by atoms with van der Waals surface area (Å²) >= 11 is 0. The molecule has 5 nitrogen and oxygen atoms in total. The Bertz CT molecular complexity index is 559. The van der Waals surface area contributed by atoms with Crippen LogP contribution in [0.4, 0.5) is 0 Å². The molecule has 126 valence electrons. The highest BCUT2D eigenvalue weighted by molar-refractivity contribution is 6.61. The molecule has 0 unspecified atom stereocenters. The Morgan fingerprint density at radius 3 is 2.17 bits per heavy atom. The molecular formula is C17H26BNO4. The molecule has 1 aliphatic rings. The van der Waals surface area contributed by atoms with Gasteiger partial charge in [0.25, 0.3) is 0 Å². The maximum absolute atomic E-state index is 11.8. The number of hydrogen-bond donors (Lipinski definition) is 0. The zero-order chi connectivity index (χ0) is 17.5. The van der Waals surface area contributed by atoms with Crippen molar-refractivity contribution in [1.82, 2.24) is 4.98 Å². The lowest BCUT2D eigenvalue weighted by Gasteiger charge is -2.32. The van der Waals surface area contributed by atoms with Gasteiger partial charge in [-0.25, -0.2) is 0 Å². The largest absolute Gasteiger partial charge is 0.514 e. The van der Waals surface area contributed by atoms with E-state index in [1.807, 2.05) is 60.6 Å². The summed E-state index contributed by atoms with van der Waals surface area (Å²) in [5, 5.41) is 0. The molecule has 0 aliphatic carbocycles.